The molecule has 0 aliphatic carbocycles. The Labute approximate surface area is 83.9 Å². The standard InChI is InChI=1S/C11H15NO2/c1-3-11(13)9-7-8(14-4-2)5-6-10(9)12/h5-7H,3-4,12H2,1-2H3. The quantitative estimate of drug-likeness (QED) is 0.589. The summed E-state index contributed by atoms with van der Waals surface area (Å²) in [6, 6.07) is 5.17. The second kappa shape index (κ2) is 4.65. The van der Waals surface area contributed by atoms with Gasteiger partial charge in [0.1, 0.15) is 5.75 Å². The molecule has 0 radical (unpaired) electrons. The lowest BCUT2D eigenvalue weighted by atomic mass is 10.1. The molecule has 0 aliphatic rings. The number of Topliss-reactive ketones (excluding diaryl/α,β-unsaturated/α-hetero) is 1. The molecule has 1 rings (SSSR count). The predicted octanol–water partition coefficient (Wildman–Crippen LogP) is 2.26. The van der Waals surface area contributed by atoms with Gasteiger partial charge in [0, 0.05) is 17.7 Å². The molecule has 3 heteroatoms. The molecule has 3 nitrogen and oxygen atoms in total. The van der Waals surface area contributed by atoms with Crippen molar-refractivity contribution in [1.82, 2.24) is 0 Å². The van der Waals surface area contributed by atoms with Gasteiger partial charge in [0.25, 0.3) is 0 Å². The Balaban J connectivity index is 3.01. The largest absolute Gasteiger partial charge is 0.494 e. The van der Waals surface area contributed by atoms with Crippen molar-refractivity contribution in [3.8, 4) is 5.75 Å². The van der Waals surface area contributed by atoms with E-state index in [0.29, 0.717) is 30.0 Å². The fraction of sp³-hybridized carbons (Fsp3) is 0.364. The lowest BCUT2D eigenvalue weighted by Crippen LogP contribution is -2.03. The first kappa shape index (κ1) is 10.6. The average Bonchev–Trinajstić information content (AvgIpc) is 2.20. The van der Waals surface area contributed by atoms with Gasteiger partial charge in [0.2, 0.25) is 0 Å². The smallest absolute Gasteiger partial charge is 0.164 e. The second-order valence-corrected chi connectivity index (χ2v) is 2.96. The topological polar surface area (TPSA) is 52.3 Å². The number of hydrogen-bond donors (Lipinski definition) is 1. The van der Waals surface area contributed by atoms with E-state index in [2.05, 4.69) is 0 Å². The normalized spacial score (nSPS) is 9.86. The van der Waals surface area contributed by atoms with Gasteiger partial charge in [-0.2, -0.15) is 0 Å². The average molecular weight is 193 g/mol. The molecule has 1 aromatic rings. The van der Waals surface area contributed by atoms with Crippen molar-refractivity contribution in [2.24, 2.45) is 0 Å². The van der Waals surface area contributed by atoms with Crippen molar-refractivity contribution < 1.29 is 9.53 Å². The van der Waals surface area contributed by atoms with Gasteiger partial charge in [-0.1, -0.05) is 6.92 Å². The lowest BCUT2D eigenvalue weighted by molar-refractivity contribution is 0.0988. The molecule has 0 atom stereocenters. The number of anilines is 1. The van der Waals surface area contributed by atoms with E-state index in [9.17, 15) is 4.79 Å². The van der Waals surface area contributed by atoms with Gasteiger partial charge in [-0.3, -0.25) is 4.79 Å². The van der Waals surface area contributed by atoms with Crippen LogP contribution < -0.4 is 10.5 Å². The first-order chi connectivity index (χ1) is 6.69. The highest BCUT2D eigenvalue weighted by Crippen LogP contribution is 2.20. The predicted molar refractivity (Wildman–Crippen MR) is 56.6 cm³/mol. The number of carbonyl (C=O) groups excluding carboxylic acids is 1. The first-order valence-corrected chi connectivity index (χ1v) is 4.74. The van der Waals surface area contributed by atoms with Crippen LogP contribution in [0.15, 0.2) is 18.2 Å². The zero-order chi connectivity index (χ0) is 10.6. The van der Waals surface area contributed by atoms with Crippen LogP contribution in [-0.4, -0.2) is 12.4 Å². The van der Waals surface area contributed by atoms with Crippen molar-refractivity contribution in [3.63, 3.8) is 0 Å². The van der Waals surface area contributed by atoms with E-state index >= 15 is 0 Å². The molecule has 0 heterocycles. The highest BCUT2D eigenvalue weighted by molar-refractivity contribution is 6.00. The molecule has 0 amide bonds. The molecule has 0 aliphatic heterocycles. The third-order valence-corrected chi connectivity index (χ3v) is 1.96. The maximum atomic E-state index is 11.5. The van der Waals surface area contributed by atoms with Gasteiger partial charge >= 0.3 is 0 Å². The fourth-order valence-corrected chi connectivity index (χ4v) is 1.22. The molecule has 0 aromatic heterocycles. The molecule has 14 heavy (non-hydrogen) atoms. The zero-order valence-corrected chi connectivity index (χ0v) is 8.54. The van der Waals surface area contributed by atoms with Gasteiger partial charge < -0.3 is 10.5 Å². The molecular formula is C11H15NO2. The van der Waals surface area contributed by atoms with Gasteiger partial charge in [0.05, 0.1) is 6.61 Å². The van der Waals surface area contributed by atoms with Crippen LogP contribution in [0.2, 0.25) is 0 Å². The maximum Gasteiger partial charge on any atom is 0.164 e. The van der Waals surface area contributed by atoms with Gasteiger partial charge in [-0.15, -0.1) is 0 Å². The summed E-state index contributed by atoms with van der Waals surface area (Å²) < 4.78 is 5.29. The molecule has 0 fully saturated rings. The minimum atomic E-state index is 0.0454. The lowest BCUT2D eigenvalue weighted by Gasteiger charge is -2.07. The van der Waals surface area contributed by atoms with Crippen LogP contribution in [0.3, 0.4) is 0 Å². The van der Waals surface area contributed by atoms with E-state index in [1.54, 1.807) is 18.2 Å². The minimum Gasteiger partial charge on any atom is -0.494 e. The minimum absolute atomic E-state index is 0.0454. The van der Waals surface area contributed by atoms with Crippen LogP contribution in [0, 0.1) is 0 Å². The van der Waals surface area contributed by atoms with Crippen molar-refractivity contribution in [3.05, 3.63) is 23.8 Å². The Hall–Kier alpha value is -1.51. The number of nitrogens with two attached hydrogens (primary N) is 1. The number of hydrogen-bond acceptors (Lipinski definition) is 3. The number of benzene rings is 1. The van der Waals surface area contributed by atoms with Crippen LogP contribution in [-0.2, 0) is 0 Å². The van der Waals surface area contributed by atoms with Crippen molar-refractivity contribution >= 4 is 11.5 Å². The fourth-order valence-electron chi connectivity index (χ4n) is 1.22. The Morgan fingerprint density at radius 3 is 2.71 bits per heavy atom. The summed E-state index contributed by atoms with van der Waals surface area (Å²) in [6.07, 6.45) is 0.458. The number of nitrogen functional groups attached to an aromatic ring is 1. The van der Waals surface area contributed by atoms with E-state index in [-0.39, 0.29) is 5.78 Å². The van der Waals surface area contributed by atoms with E-state index in [0.717, 1.165) is 0 Å². The van der Waals surface area contributed by atoms with E-state index in [1.165, 1.54) is 0 Å². The van der Waals surface area contributed by atoms with Gasteiger partial charge in [-0.05, 0) is 25.1 Å². The molecule has 2 N–H and O–H groups in total. The maximum absolute atomic E-state index is 11.5. The number of rotatable bonds is 4. The highest BCUT2D eigenvalue weighted by Gasteiger charge is 2.08. The Morgan fingerprint density at radius 1 is 1.43 bits per heavy atom. The number of ether oxygens (including phenoxy) is 1. The summed E-state index contributed by atoms with van der Waals surface area (Å²) in [5.41, 5.74) is 6.75. The molecule has 76 valence electrons. The highest BCUT2D eigenvalue weighted by atomic mass is 16.5. The van der Waals surface area contributed by atoms with E-state index in [4.69, 9.17) is 10.5 Å². The van der Waals surface area contributed by atoms with Gasteiger partial charge in [-0.25, -0.2) is 0 Å². The number of ketones is 1. The Bertz CT molecular complexity index is 334. The monoisotopic (exact) mass is 193 g/mol. The van der Waals surface area contributed by atoms with Crippen LogP contribution in [0.5, 0.6) is 5.75 Å². The van der Waals surface area contributed by atoms with Crippen LogP contribution in [0.4, 0.5) is 5.69 Å². The van der Waals surface area contributed by atoms with E-state index in [1.807, 2.05) is 13.8 Å². The van der Waals surface area contributed by atoms with Crippen molar-refractivity contribution in [2.45, 2.75) is 20.3 Å². The van der Waals surface area contributed by atoms with Crippen molar-refractivity contribution in [2.75, 3.05) is 12.3 Å². The summed E-state index contributed by atoms with van der Waals surface area (Å²) in [5.74, 6) is 0.738. The molecular weight excluding hydrogens is 178 g/mol. The Kier molecular flexibility index (Phi) is 3.51. The van der Waals surface area contributed by atoms with Gasteiger partial charge in [0.15, 0.2) is 5.78 Å². The molecule has 0 unspecified atom stereocenters. The summed E-state index contributed by atoms with van der Waals surface area (Å²) >= 11 is 0. The Morgan fingerprint density at radius 2 is 2.14 bits per heavy atom. The summed E-state index contributed by atoms with van der Waals surface area (Å²) in [7, 11) is 0. The van der Waals surface area contributed by atoms with Crippen LogP contribution in [0.25, 0.3) is 0 Å². The summed E-state index contributed by atoms with van der Waals surface area (Å²) in [4.78, 5) is 11.5. The number of carbonyl (C=O) groups is 1. The van der Waals surface area contributed by atoms with Crippen LogP contribution in [0.1, 0.15) is 30.6 Å². The second-order valence-electron chi connectivity index (χ2n) is 2.96. The SMILES string of the molecule is CCOc1ccc(N)c(C(=O)CC)c1. The summed E-state index contributed by atoms with van der Waals surface area (Å²) in [5, 5.41) is 0. The molecule has 1 aromatic carbocycles. The van der Waals surface area contributed by atoms with E-state index < -0.39 is 0 Å². The first-order valence-electron chi connectivity index (χ1n) is 4.74. The molecule has 0 saturated carbocycles. The van der Waals surface area contributed by atoms with Crippen molar-refractivity contribution in [1.29, 1.82) is 0 Å². The van der Waals surface area contributed by atoms with Crippen LogP contribution >= 0.6 is 0 Å². The molecule has 0 spiro atoms. The third-order valence-electron chi connectivity index (χ3n) is 1.96. The third kappa shape index (κ3) is 2.25. The zero-order valence-electron chi connectivity index (χ0n) is 8.54. The molecule has 0 saturated heterocycles. The summed E-state index contributed by atoms with van der Waals surface area (Å²) in [6.45, 7) is 4.30. The molecule has 0 bridgehead atoms.